The Morgan fingerprint density at radius 2 is 1.76 bits per heavy atom. The van der Waals surface area contributed by atoms with E-state index >= 15 is 0 Å². The molecule has 1 amide bonds. The molecular weight excluding hydrogens is 267 g/mol. The molecule has 0 aromatic heterocycles. The second kappa shape index (κ2) is 6.99. The van der Waals surface area contributed by atoms with Crippen LogP contribution in [-0.2, 0) is 6.42 Å². The van der Waals surface area contributed by atoms with E-state index in [0.29, 0.717) is 5.56 Å². The molecule has 1 atom stereocenters. The van der Waals surface area contributed by atoms with Crippen LogP contribution in [0.4, 0.5) is 4.39 Å². The number of nitrogens with two attached hydrogens (primary N) is 1. The number of amides is 1. The molecule has 0 aliphatic carbocycles. The molecule has 2 rings (SSSR count). The number of halogens is 1. The van der Waals surface area contributed by atoms with Crippen molar-refractivity contribution in [3.05, 3.63) is 71.0 Å². The fourth-order valence-electron chi connectivity index (χ4n) is 2.17. The van der Waals surface area contributed by atoms with Crippen LogP contribution in [0.15, 0.2) is 48.5 Å². The molecule has 2 aromatic carbocycles. The summed E-state index contributed by atoms with van der Waals surface area (Å²) in [6.45, 7) is 0. The summed E-state index contributed by atoms with van der Waals surface area (Å²) >= 11 is 0. The Kier molecular flexibility index (Phi) is 5.06. The van der Waals surface area contributed by atoms with Crippen molar-refractivity contribution >= 4 is 5.91 Å². The van der Waals surface area contributed by atoms with Crippen molar-refractivity contribution in [3.8, 4) is 0 Å². The van der Waals surface area contributed by atoms with Crippen LogP contribution in [-0.4, -0.2) is 13.0 Å². The molecule has 3 nitrogen and oxygen atoms in total. The van der Waals surface area contributed by atoms with E-state index in [1.165, 1.54) is 12.1 Å². The van der Waals surface area contributed by atoms with Crippen molar-refractivity contribution in [3.63, 3.8) is 0 Å². The second-order valence-corrected chi connectivity index (χ2v) is 4.97. The van der Waals surface area contributed by atoms with Crippen molar-refractivity contribution in [2.24, 2.45) is 5.73 Å². The number of hydrogen-bond acceptors (Lipinski definition) is 2. The highest BCUT2D eigenvalue weighted by Crippen LogP contribution is 2.17. The van der Waals surface area contributed by atoms with Crippen LogP contribution in [0.5, 0.6) is 0 Å². The van der Waals surface area contributed by atoms with E-state index in [9.17, 15) is 9.18 Å². The monoisotopic (exact) mass is 286 g/mol. The van der Waals surface area contributed by atoms with Crippen LogP contribution in [0.2, 0.25) is 0 Å². The zero-order valence-electron chi connectivity index (χ0n) is 12.0. The maximum Gasteiger partial charge on any atom is 0.251 e. The highest BCUT2D eigenvalue weighted by atomic mass is 19.1. The summed E-state index contributed by atoms with van der Waals surface area (Å²) in [7, 11) is 1.61. The van der Waals surface area contributed by atoms with Gasteiger partial charge in [-0.1, -0.05) is 24.3 Å². The van der Waals surface area contributed by atoms with Gasteiger partial charge in [0.15, 0.2) is 0 Å². The molecule has 1 unspecified atom stereocenters. The molecule has 0 aliphatic rings. The fraction of sp³-hybridized carbons (Fsp3) is 0.235. The SMILES string of the molecule is CNC(=O)c1ccc(CCC(N)c2ccc(F)cc2)cc1. The lowest BCUT2D eigenvalue weighted by Gasteiger charge is -2.12. The summed E-state index contributed by atoms with van der Waals surface area (Å²) < 4.78 is 12.9. The van der Waals surface area contributed by atoms with E-state index in [0.717, 1.165) is 24.0 Å². The first-order valence-corrected chi connectivity index (χ1v) is 6.92. The first-order chi connectivity index (χ1) is 10.1. The van der Waals surface area contributed by atoms with E-state index in [2.05, 4.69) is 5.32 Å². The third-order valence-corrected chi connectivity index (χ3v) is 3.49. The second-order valence-electron chi connectivity index (χ2n) is 4.97. The van der Waals surface area contributed by atoms with Gasteiger partial charge >= 0.3 is 0 Å². The molecule has 0 heterocycles. The van der Waals surface area contributed by atoms with Gasteiger partial charge in [-0.2, -0.15) is 0 Å². The maximum absolute atomic E-state index is 12.9. The Morgan fingerprint density at radius 3 is 2.33 bits per heavy atom. The summed E-state index contributed by atoms with van der Waals surface area (Å²) in [6, 6.07) is 13.6. The molecule has 0 aliphatic heterocycles. The average Bonchev–Trinajstić information content (AvgIpc) is 2.53. The first kappa shape index (κ1) is 15.2. The van der Waals surface area contributed by atoms with Gasteiger partial charge in [0.2, 0.25) is 0 Å². The van der Waals surface area contributed by atoms with Crippen molar-refractivity contribution in [2.45, 2.75) is 18.9 Å². The molecule has 2 aromatic rings. The number of hydrogen-bond donors (Lipinski definition) is 2. The Morgan fingerprint density at radius 1 is 1.14 bits per heavy atom. The number of carbonyl (C=O) groups excluding carboxylic acids is 1. The summed E-state index contributed by atoms with van der Waals surface area (Å²) in [5, 5.41) is 2.59. The molecule has 21 heavy (non-hydrogen) atoms. The number of rotatable bonds is 5. The predicted octanol–water partition coefficient (Wildman–Crippen LogP) is 2.82. The van der Waals surface area contributed by atoms with Crippen molar-refractivity contribution in [2.75, 3.05) is 7.05 Å². The highest BCUT2D eigenvalue weighted by molar-refractivity contribution is 5.93. The molecule has 0 bridgehead atoms. The van der Waals surface area contributed by atoms with Crippen molar-refractivity contribution < 1.29 is 9.18 Å². The van der Waals surface area contributed by atoms with Crippen molar-refractivity contribution in [1.29, 1.82) is 0 Å². The summed E-state index contributed by atoms with van der Waals surface area (Å²) in [6.07, 6.45) is 1.58. The molecule has 0 radical (unpaired) electrons. The van der Waals surface area contributed by atoms with E-state index in [1.807, 2.05) is 12.1 Å². The van der Waals surface area contributed by atoms with E-state index < -0.39 is 0 Å². The van der Waals surface area contributed by atoms with Gasteiger partial charge in [-0.25, -0.2) is 4.39 Å². The number of benzene rings is 2. The molecule has 3 N–H and O–H groups in total. The lowest BCUT2D eigenvalue weighted by Crippen LogP contribution is -2.17. The van der Waals surface area contributed by atoms with Gasteiger partial charge < -0.3 is 11.1 Å². The van der Waals surface area contributed by atoms with Gasteiger partial charge in [0.25, 0.3) is 5.91 Å². The minimum absolute atomic E-state index is 0.0930. The number of aryl methyl sites for hydroxylation is 1. The normalized spacial score (nSPS) is 12.0. The quantitative estimate of drug-likeness (QED) is 0.888. The summed E-state index contributed by atoms with van der Waals surface area (Å²) in [4.78, 5) is 11.4. The topological polar surface area (TPSA) is 55.1 Å². The highest BCUT2D eigenvalue weighted by Gasteiger charge is 2.07. The number of carbonyl (C=O) groups is 1. The molecule has 0 fully saturated rings. The van der Waals surface area contributed by atoms with Crippen LogP contribution in [0.3, 0.4) is 0 Å². The van der Waals surface area contributed by atoms with Crippen molar-refractivity contribution in [1.82, 2.24) is 5.32 Å². The van der Waals surface area contributed by atoms with Gasteiger partial charge in [-0.3, -0.25) is 4.79 Å². The largest absolute Gasteiger partial charge is 0.355 e. The third kappa shape index (κ3) is 4.13. The maximum atomic E-state index is 12.9. The van der Waals surface area contributed by atoms with Gasteiger partial charge in [-0.05, 0) is 48.2 Å². The van der Waals surface area contributed by atoms with Gasteiger partial charge in [0, 0.05) is 18.7 Å². The van der Waals surface area contributed by atoms with Gasteiger partial charge in [0.05, 0.1) is 0 Å². The average molecular weight is 286 g/mol. The molecule has 0 saturated heterocycles. The van der Waals surface area contributed by atoms with Gasteiger partial charge in [0.1, 0.15) is 5.82 Å². The fourth-order valence-corrected chi connectivity index (χ4v) is 2.17. The predicted molar refractivity (Wildman–Crippen MR) is 81.5 cm³/mol. The minimum atomic E-state index is -0.254. The first-order valence-electron chi connectivity index (χ1n) is 6.92. The molecular formula is C17H19FN2O. The molecule has 0 spiro atoms. The minimum Gasteiger partial charge on any atom is -0.355 e. The lowest BCUT2D eigenvalue weighted by molar-refractivity contribution is 0.0963. The van der Waals surface area contributed by atoms with Crippen LogP contribution in [0, 0.1) is 5.82 Å². The Labute approximate surface area is 124 Å². The van der Waals surface area contributed by atoms with E-state index in [1.54, 1.807) is 31.3 Å². The van der Waals surface area contributed by atoms with Crippen LogP contribution >= 0.6 is 0 Å². The standard InChI is InChI=1S/C17H19FN2O/c1-20-17(21)14-5-2-12(3-6-14)4-11-16(19)13-7-9-15(18)10-8-13/h2-3,5-10,16H,4,11,19H2,1H3,(H,20,21). The van der Waals surface area contributed by atoms with Crippen LogP contribution in [0.1, 0.15) is 33.9 Å². The van der Waals surface area contributed by atoms with E-state index in [-0.39, 0.29) is 17.8 Å². The zero-order chi connectivity index (χ0) is 15.2. The Balaban J connectivity index is 1.93. The Bertz CT molecular complexity index is 593. The van der Waals surface area contributed by atoms with Crippen LogP contribution in [0.25, 0.3) is 0 Å². The molecule has 4 heteroatoms. The lowest BCUT2D eigenvalue weighted by atomic mass is 9.99. The zero-order valence-corrected chi connectivity index (χ0v) is 12.0. The smallest absolute Gasteiger partial charge is 0.251 e. The molecule has 110 valence electrons. The van der Waals surface area contributed by atoms with E-state index in [4.69, 9.17) is 5.73 Å². The summed E-state index contributed by atoms with van der Waals surface area (Å²) in [5.74, 6) is -0.347. The third-order valence-electron chi connectivity index (χ3n) is 3.49. The van der Waals surface area contributed by atoms with Crippen LogP contribution < -0.4 is 11.1 Å². The summed E-state index contributed by atoms with van der Waals surface area (Å²) in [5.41, 5.74) is 8.80. The molecule has 0 saturated carbocycles. The number of nitrogens with one attached hydrogen (secondary N) is 1. The van der Waals surface area contributed by atoms with Gasteiger partial charge in [-0.15, -0.1) is 0 Å². The Hall–Kier alpha value is -2.20.